The SMILES string of the molecule is N#Cc1cn2nc(N[C@@H]3CCOC[C@H]3O)ncc2c1C(F)(F)F. The number of aliphatic hydroxyl groups is 1. The first-order valence-corrected chi connectivity index (χ1v) is 6.78. The van der Waals surface area contributed by atoms with Crippen LogP contribution < -0.4 is 5.32 Å². The van der Waals surface area contributed by atoms with Crippen LogP contribution in [0.1, 0.15) is 17.5 Å². The molecule has 0 aromatic carbocycles. The summed E-state index contributed by atoms with van der Waals surface area (Å²) < 4.78 is 45.2. The van der Waals surface area contributed by atoms with Crippen LogP contribution in [0.4, 0.5) is 19.1 Å². The van der Waals surface area contributed by atoms with E-state index >= 15 is 0 Å². The zero-order valence-electron chi connectivity index (χ0n) is 11.7. The highest BCUT2D eigenvalue weighted by Crippen LogP contribution is 2.35. The number of nitrogens with zero attached hydrogens (tertiary/aromatic N) is 4. The number of alkyl halides is 3. The lowest BCUT2D eigenvalue weighted by Crippen LogP contribution is -2.42. The normalized spacial score (nSPS) is 22.0. The molecule has 1 fully saturated rings. The highest BCUT2D eigenvalue weighted by molar-refractivity contribution is 5.62. The maximum atomic E-state index is 13.0. The molecule has 3 heterocycles. The zero-order chi connectivity index (χ0) is 16.6. The number of anilines is 1. The van der Waals surface area contributed by atoms with Crippen molar-refractivity contribution in [1.82, 2.24) is 14.6 Å². The zero-order valence-corrected chi connectivity index (χ0v) is 11.7. The number of nitrogens with one attached hydrogen (secondary N) is 1. The average molecular weight is 327 g/mol. The highest BCUT2D eigenvalue weighted by atomic mass is 19.4. The molecule has 0 bridgehead atoms. The fraction of sp³-hybridized carbons (Fsp3) is 0.462. The lowest BCUT2D eigenvalue weighted by atomic mass is 10.1. The molecule has 0 aliphatic carbocycles. The van der Waals surface area contributed by atoms with Crippen LogP contribution in [0.2, 0.25) is 0 Å². The van der Waals surface area contributed by atoms with Crippen molar-refractivity contribution >= 4 is 11.5 Å². The molecule has 2 N–H and O–H groups in total. The smallest absolute Gasteiger partial charge is 0.389 e. The van der Waals surface area contributed by atoms with Gasteiger partial charge in [-0.2, -0.15) is 18.4 Å². The maximum absolute atomic E-state index is 13.0. The molecule has 0 radical (unpaired) electrons. The predicted octanol–water partition coefficient (Wildman–Crippen LogP) is 1.18. The number of aliphatic hydroxyl groups excluding tert-OH is 1. The first kappa shape index (κ1) is 15.5. The number of fused-ring (bicyclic) bond motifs is 1. The predicted molar refractivity (Wildman–Crippen MR) is 71.6 cm³/mol. The molecule has 1 saturated heterocycles. The van der Waals surface area contributed by atoms with Crippen LogP contribution in [0.5, 0.6) is 0 Å². The number of hydrogen-bond donors (Lipinski definition) is 2. The molecule has 23 heavy (non-hydrogen) atoms. The van der Waals surface area contributed by atoms with Crippen LogP contribution in [0.15, 0.2) is 12.4 Å². The number of ether oxygens (including phenoxy) is 1. The third kappa shape index (κ3) is 2.93. The monoisotopic (exact) mass is 327 g/mol. The average Bonchev–Trinajstić information content (AvgIpc) is 2.87. The van der Waals surface area contributed by atoms with E-state index in [1.54, 1.807) is 0 Å². The molecule has 0 unspecified atom stereocenters. The fourth-order valence-corrected chi connectivity index (χ4v) is 2.47. The van der Waals surface area contributed by atoms with E-state index in [4.69, 9.17) is 10.00 Å². The Morgan fingerprint density at radius 3 is 2.91 bits per heavy atom. The van der Waals surface area contributed by atoms with Crippen molar-refractivity contribution in [3.05, 3.63) is 23.5 Å². The van der Waals surface area contributed by atoms with Gasteiger partial charge in [0.05, 0.1) is 36.0 Å². The molecule has 2 aromatic rings. The van der Waals surface area contributed by atoms with E-state index in [0.717, 1.165) is 16.9 Å². The number of rotatable bonds is 2. The minimum absolute atomic E-state index is 0.0664. The number of nitriles is 1. The molecule has 2 aromatic heterocycles. The standard InChI is InChI=1S/C13H12F3N5O2/c14-13(15,16)11-7(3-17)5-21-9(11)4-18-12(20-21)19-8-1-2-23-6-10(8)22/h4-5,8,10,22H,1-2,6H2,(H,19,20)/t8-,10-/m1/s1. The van der Waals surface area contributed by atoms with Gasteiger partial charge in [0.15, 0.2) is 0 Å². The number of aromatic nitrogens is 3. The topological polar surface area (TPSA) is 95.5 Å². The van der Waals surface area contributed by atoms with Crippen molar-refractivity contribution in [3.8, 4) is 6.07 Å². The molecule has 7 nitrogen and oxygen atoms in total. The van der Waals surface area contributed by atoms with Gasteiger partial charge < -0.3 is 15.2 Å². The van der Waals surface area contributed by atoms with Crippen LogP contribution in [-0.2, 0) is 10.9 Å². The van der Waals surface area contributed by atoms with Gasteiger partial charge in [-0.3, -0.25) is 0 Å². The second kappa shape index (κ2) is 5.68. The number of hydrogen-bond acceptors (Lipinski definition) is 6. The highest BCUT2D eigenvalue weighted by Gasteiger charge is 2.37. The second-order valence-corrected chi connectivity index (χ2v) is 5.12. The maximum Gasteiger partial charge on any atom is 0.419 e. The summed E-state index contributed by atoms with van der Waals surface area (Å²) in [6.07, 6.45) is -2.90. The summed E-state index contributed by atoms with van der Waals surface area (Å²) in [6.45, 7) is 0.623. The Labute approximate surface area is 128 Å². The van der Waals surface area contributed by atoms with Gasteiger partial charge >= 0.3 is 6.18 Å². The van der Waals surface area contributed by atoms with E-state index in [-0.39, 0.29) is 24.1 Å². The van der Waals surface area contributed by atoms with E-state index in [9.17, 15) is 18.3 Å². The van der Waals surface area contributed by atoms with Gasteiger partial charge in [-0.1, -0.05) is 0 Å². The minimum Gasteiger partial charge on any atom is -0.389 e. The molecule has 2 atom stereocenters. The van der Waals surface area contributed by atoms with Gasteiger partial charge in [-0.25, -0.2) is 9.50 Å². The van der Waals surface area contributed by atoms with Crippen LogP contribution >= 0.6 is 0 Å². The molecule has 0 spiro atoms. The number of halogens is 3. The van der Waals surface area contributed by atoms with Gasteiger partial charge in [0.25, 0.3) is 0 Å². The minimum atomic E-state index is -4.67. The Morgan fingerprint density at radius 1 is 1.48 bits per heavy atom. The van der Waals surface area contributed by atoms with Gasteiger partial charge in [0.1, 0.15) is 11.6 Å². The first-order chi connectivity index (χ1) is 10.9. The van der Waals surface area contributed by atoms with Crippen LogP contribution in [-0.4, -0.2) is 45.1 Å². The van der Waals surface area contributed by atoms with E-state index in [1.807, 2.05) is 0 Å². The van der Waals surface area contributed by atoms with E-state index in [2.05, 4.69) is 15.4 Å². The molecular weight excluding hydrogens is 315 g/mol. The van der Waals surface area contributed by atoms with Crippen molar-refractivity contribution in [1.29, 1.82) is 5.26 Å². The molecule has 3 rings (SSSR count). The van der Waals surface area contributed by atoms with Gasteiger partial charge in [-0.15, -0.1) is 5.10 Å². The van der Waals surface area contributed by atoms with Crippen LogP contribution in [0, 0.1) is 11.3 Å². The first-order valence-electron chi connectivity index (χ1n) is 6.78. The molecule has 1 aliphatic heterocycles. The molecular formula is C13H12F3N5O2. The molecule has 0 saturated carbocycles. The Morgan fingerprint density at radius 2 is 2.26 bits per heavy atom. The van der Waals surface area contributed by atoms with Crippen molar-refractivity contribution in [2.24, 2.45) is 0 Å². The van der Waals surface area contributed by atoms with Crippen molar-refractivity contribution in [2.75, 3.05) is 18.5 Å². The molecule has 0 amide bonds. The van der Waals surface area contributed by atoms with E-state index < -0.39 is 23.4 Å². The lowest BCUT2D eigenvalue weighted by Gasteiger charge is -2.28. The summed E-state index contributed by atoms with van der Waals surface area (Å²) in [4.78, 5) is 3.85. The van der Waals surface area contributed by atoms with Crippen molar-refractivity contribution in [3.63, 3.8) is 0 Å². The Bertz CT molecular complexity index is 767. The van der Waals surface area contributed by atoms with Gasteiger partial charge in [0.2, 0.25) is 5.95 Å². The van der Waals surface area contributed by atoms with Crippen LogP contribution in [0.3, 0.4) is 0 Å². The summed E-state index contributed by atoms with van der Waals surface area (Å²) in [5, 5.41) is 25.5. The van der Waals surface area contributed by atoms with E-state index in [1.165, 1.54) is 6.07 Å². The quantitative estimate of drug-likeness (QED) is 0.860. The summed E-state index contributed by atoms with van der Waals surface area (Å²) >= 11 is 0. The Balaban J connectivity index is 1.95. The van der Waals surface area contributed by atoms with Crippen molar-refractivity contribution < 1.29 is 23.0 Å². The second-order valence-electron chi connectivity index (χ2n) is 5.12. The fourth-order valence-electron chi connectivity index (χ4n) is 2.47. The molecule has 10 heteroatoms. The van der Waals surface area contributed by atoms with Crippen molar-refractivity contribution in [2.45, 2.75) is 24.7 Å². The summed E-state index contributed by atoms with van der Waals surface area (Å²) in [5.74, 6) is 0.0664. The van der Waals surface area contributed by atoms with Crippen LogP contribution in [0.25, 0.3) is 5.52 Å². The third-order valence-corrected chi connectivity index (χ3v) is 3.58. The summed E-state index contributed by atoms with van der Waals surface area (Å²) in [6, 6.07) is 1.16. The Kier molecular flexibility index (Phi) is 3.83. The van der Waals surface area contributed by atoms with Gasteiger partial charge in [0, 0.05) is 12.8 Å². The third-order valence-electron chi connectivity index (χ3n) is 3.58. The van der Waals surface area contributed by atoms with E-state index in [0.29, 0.717) is 13.0 Å². The summed E-state index contributed by atoms with van der Waals surface area (Å²) in [7, 11) is 0. The molecule has 1 aliphatic rings. The largest absolute Gasteiger partial charge is 0.419 e. The molecule has 122 valence electrons. The lowest BCUT2D eigenvalue weighted by molar-refractivity contribution is -0.136. The summed E-state index contributed by atoms with van der Waals surface area (Å²) in [5.41, 5.74) is -1.88. The Hall–Kier alpha value is -2.38. The van der Waals surface area contributed by atoms with Gasteiger partial charge in [-0.05, 0) is 6.42 Å².